The van der Waals surface area contributed by atoms with E-state index < -0.39 is 34.2 Å². The fraction of sp³-hybridized carbons (Fsp3) is 0.277. The Morgan fingerprint density at radius 2 is 1.16 bits per heavy atom. The maximum Gasteiger partial charge on any atom is 0.380 e. The molecule has 1 atom stereocenters. The van der Waals surface area contributed by atoms with E-state index in [9.17, 15) is 0 Å². The first-order valence-electron chi connectivity index (χ1n) is 18.2. The summed E-state index contributed by atoms with van der Waals surface area (Å²) in [6.07, 6.45) is 1.52. The molecule has 0 saturated heterocycles. The van der Waals surface area contributed by atoms with Gasteiger partial charge in [-0.1, -0.05) is 157 Å². The molecule has 1 aromatic heterocycles. The normalized spacial score (nSPS) is 19.3. The molecule has 4 aromatic carbocycles. The Morgan fingerprint density at radius 1 is 0.636 bits per heavy atom. The minimum Gasteiger partial charge on any atom is -0.194 e. The fourth-order valence-corrected chi connectivity index (χ4v) is 9.88. The number of allylic oxidation sites excluding steroid dienone is 3. The average Bonchev–Trinajstić information content (AvgIpc) is 3.81. The lowest BCUT2D eigenvalue weighted by atomic mass is 9.86. The molecule has 55 heavy (non-hydrogen) atoms. The highest BCUT2D eigenvalue weighted by atomic mass is 32.2. The highest BCUT2D eigenvalue weighted by molar-refractivity contribution is 8.08. The SMILES string of the molecule is C=Cc1ccc(C2CC(C3=C(c4cc(-c5ccc(C(C)(C)C)cc5)sc4-c4ccc(C(C)(C)C)cc4)C(F)(F)C(F)(F)C3(F)F)=C(c3ccccc3)S2)cc1. The summed E-state index contributed by atoms with van der Waals surface area (Å²) >= 11 is 2.37. The molecule has 0 radical (unpaired) electrons. The van der Waals surface area contributed by atoms with Crippen molar-refractivity contribution in [2.24, 2.45) is 0 Å². The molecule has 2 heterocycles. The predicted molar refractivity (Wildman–Crippen MR) is 219 cm³/mol. The van der Waals surface area contributed by atoms with Crippen molar-refractivity contribution in [3.8, 4) is 20.9 Å². The Hall–Kier alpha value is -4.27. The zero-order chi connectivity index (χ0) is 39.7. The maximum absolute atomic E-state index is 16.7. The summed E-state index contributed by atoms with van der Waals surface area (Å²) < 4.78 is 98.7. The van der Waals surface area contributed by atoms with Crippen molar-refractivity contribution in [1.82, 2.24) is 0 Å². The lowest BCUT2D eigenvalue weighted by Gasteiger charge is -2.26. The van der Waals surface area contributed by atoms with Crippen LogP contribution in [0.25, 0.3) is 37.4 Å². The molecule has 1 aliphatic carbocycles. The van der Waals surface area contributed by atoms with Gasteiger partial charge in [0, 0.05) is 36.6 Å². The van der Waals surface area contributed by atoms with E-state index in [0.717, 1.165) is 33.6 Å². The first-order chi connectivity index (χ1) is 25.8. The number of halogens is 6. The van der Waals surface area contributed by atoms with Crippen LogP contribution in [0.5, 0.6) is 0 Å². The summed E-state index contributed by atoms with van der Waals surface area (Å²) in [6, 6.07) is 32.2. The van der Waals surface area contributed by atoms with Crippen LogP contribution in [0.1, 0.15) is 86.6 Å². The van der Waals surface area contributed by atoms with Crippen molar-refractivity contribution in [2.75, 3.05) is 0 Å². The van der Waals surface area contributed by atoms with Gasteiger partial charge in [-0.25, -0.2) is 0 Å². The average molecular weight is 785 g/mol. The molecular formula is C47H42F6S2. The van der Waals surface area contributed by atoms with Gasteiger partial charge >= 0.3 is 17.8 Å². The van der Waals surface area contributed by atoms with E-state index in [-0.39, 0.29) is 38.2 Å². The summed E-state index contributed by atoms with van der Waals surface area (Å²) in [5.74, 6) is -16.1. The zero-order valence-corrected chi connectivity index (χ0v) is 33.2. The van der Waals surface area contributed by atoms with Gasteiger partial charge in [0.25, 0.3) is 0 Å². The summed E-state index contributed by atoms with van der Waals surface area (Å²) in [5, 5.41) is -0.486. The molecule has 0 N–H and O–H groups in total. The number of hydrogen-bond donors (Lipinski definition) is 0. The van der Waals surface area contributed by atoms with E-state index in [0.29, 0.717) is 21.6 Å². The molecule has 1 unspecified atom stereocenters. The number of thiophene rings is 1. The molecule has 0 amide bonds. The minimum atomic E-state index is -5.70. The third-order valence-corrected chi connectivity index (χ3v) is 13.2. The van der Waals surface area contributed by atoms with Crippen molar-refractivity contribution in [3.05, 3.63) is 160 Å². The molecule has 2 aliphatic rings. The number of rotatable bonds is 7. The van der Waals surface area contributed by atoms with Gasteiger partial charge in [0.15, 0.2) is 0 Å². The van der Waals surface area contributed by atoms with Gasteiger partial charge in [-0.3, -0.25) is 0 Å². The minimum absolute atomic E-state index is 0.149. The van der Waals surface area contributed by atoms with Crippen LogP contribution < -0.4 is 0 Å². The Balaban J connectivity index is 1.51. The van der Waals surface area contributed by atoms with Crippen LogP contribution in [0.3, 0.4) is 0 Å². The van der Waals surface area contributed by atoms with E-state index in [4.69, 9.17) is 0 Å². The second-order valence-corrected chi connectivity index (χ2v) is 18.6. The number of hydrogen-bond acceptors (Lipinski definition) is 2. The summed E-state index contributed by atoms with van der Waals surface area (Å²) in [7, 11) is 0. The van der Waals surface area contributed by atoms with Crippen molar-refractivity contribution in [2.45, 2.75) is 81.8 Å². The smallest absolute Gasteiger partial charge is 0.194 e. The largest absolute Gasteiger partial charge is 0.380 e. The number of benzene rings is 4. The van der Waals surface area contributed by atoms with Crippen molar-refractivity contribution >= 4 is 39.7 Å². The van der Waals surface area contributed by atoms with Gasteiger partial charge in [0.2, 0.25) is 0 Å². The van der Waals surface area contributed by atoms with Gasteiger partial charge in [0.1, 0.15) is 0 Å². The van der Waals surface area contributed by atoms with Crippen LogP contribution in [0, 0.1) is 0 Å². The second kappa shape index (κ2) is 13.7. The molecule has 8 heteroatoms. The van der Waals surface area contributed by atoms with Crippen LogP contribution in [-0.4, -0.2) is 17.8 Å². The van der Waals surface area contributed by atoms with E-state index in [1.54, 1.807) is 48.5 Å². The molecule has 5 aromatic rings. The third-order valence-electron chi connectivity index (χ3n) is 10.5. The Bertz CT molecular complexity index is 2300. The van der Waals surface area contributed by atoms with E-state index in [1.165, 1.54) is 17.8 Å². The van der Waals surface area contributed by atoms with Crippen molar-refractivity contribution < 1.29 is 26.3 Å². The molecular weight excluding hydrogens is 743 g/mol. The quantitative estimate of drug-likeness (QED) is 0.148. The monoisotopic (exact) mass is 784 g/mol. The van der Waals surface area contributed by atoms with Crippen LogP contribution in [0.4, 0.5) is 26.3 Å². The summed E-state index contributed by atoms with van der Waals surface area (Å²) in [4.78, 5) is 1.01. The maximum atomic E-state index is 16.7. The second-order valence-electron chi connectivity index (χ2n) is 16.3. The Kier molecular flexibility index (Phi) is 9.73. The van der Waals surface area contributed by atoms with Crippen LogP contribution in [-0.2, 0) is 10.8 Å². The Labute approximate surface area is 327 Å². The molecule has 0 saturated carbocycles. The zero-order valence-electron chi connectivity index (χ0n) is 31.5. The molecule has 0 nitrogen and oxygen atoms in total. The number of alkyl halides is 6. The van der Waals surface area contributed by atoms with Crippen molar-refractivity contribution in [1.29, 1.82) is 0 Å². The highest BCUT2D eigenvalue weighted by Gasteiger charge is 2.80. The Morgan fingerprint density at radius 3 is 1.69 bits per heavy atom. The van der Waals surface area contributed by atoms with E-state index in [1.807, 2.05) is 81.4 Å². The van der Waals surface area contributed by atoms with Gasteiger partial charge < -0.3 is 0 Å². The van der Waals surface area contributed by atoms with Gasteiger partial charge in [0.05, 0.1) is 0 Å². The first-order valence-corrected chi connectivity index (χ1v) is 19.9. The van der Waals surface area contributed by atoms with Gasteiger partial charge in [-0.15, -0.1) is 23.1 Å². The van der Waals surface area contributed by atoms with Crippen LogP contribution in [0.2, 0.25) is 0 Å². The van der Waals surface area contributed by atoms with Crippen LogP contribution >= 0.6 is 23.1 Å². The lowest BCUT2D eigenvalue weighted by Crippen LogP contribution is -2.49. The van der Waals surface area contributed by atoms with Crippen molar-refractivity contribution in [3.63, 3.8) is 0 Å². The first kappa shape index (κ1) is 39.0. The van der Waals surface area contributed by atoms with E-state index in [2.05, 4.69) is 27.4 Å². The molecule has 284 valence electrons. The molecule has 7 rings (SSSR count). The summed E-state index contributed by atoms with van der Waals surface area (Å²) in [5.41, 5.74) is 1.77. The molecule has 1 aliphatic heterocycles. The molecule has 0 fully saturated rings. The standard InChI is InChI=1S/C47H42F6S2/c1-8-28-14-16-29(17-15-28)37-26-35(41(54-37)31-12-10-9-11-13-31)39-40(46(50,51)47(52,53)45(39,48)49)36-27-38(30-18-22-33(23-19-30)43(2,3)4)55-42(36)32-20-24-34(25-21-32)44(5,6)7/h8-25,27,37H,1,26H2,2-7H3. The van der Waals surface area contributed by atoms with Gasteiger partial charge in [-0.2, -0.15) is 26.3 Å². The third kappa shape index (κ3) is 6.73. The lowest BCUT2D eigenvalue weighted by molar-refractivity contribution is -0.259. The van der Waals surface area contributed by atoms with Gasteiger partial charge in [-0.05, 0) is 67.8 Å². The molecule has 0 spiro atoms. The van der Waals surface area contributed by atoms with Crippen LogP contribution in [0.15, 0.2) is 127 Å². The summed E-state index contributed by atoms with van der Waals surface area (Å²) in [6.45, 7) is 16.1. The number of thioether (sulfide) groups is 1. The fourth-order valence-electron chi connectivity index (χ4n) is 7.27. The topological polar surface area (TPSA) is 0 Å². The molecule has 0 bridgehead atoms. The highest BCUT2D eigenvalue weighted by Crippen LogP contribution is 2.68. The predicted octanol–water partition coefficient (Wildman–Crippen LogP) is 15.3. The van der Waals surface area contributed by atoms with E-state index >= 15 is 26.3 Å².